The lowest BCUT2D eigenvalue weighted by Crippen LogP contribution is -2.18. The Balaban J connectivity index is 2.34. The maximum atomic E-state index is 5.97. The molecule has 2 N–H and O–H groups in total. The van der Waals surface area contributed by atoms with Crippen molar-refractivity contribution in [3.63, 3.8) is 0 Å². The van der Waals surface area contributed by atoms with E-state index in [0.29, 0.717) is 11.0 Å². The molecule has 0 saturated carbocycles. The smallest absolute Gasteiger partial charge is 0.202 e. The van der Waals surface area contributed by atoms with Crippen LogP contribution in [0, 0.1) is 0 Å². The first-order valence-electron chi connectivity index (χ1n) is 5.92. The first-order chi connectivity index (χ1) is 8.49. The third-order valence-electron chi connectivity index (χ3n) is 2.96. The number of anilines is 1. The van der Waals surface area contributed by atoms with Gasteiger partial charge in [-0.1, -0.05) is 11.6 Å². The van der Waals surface area contributed by atoms with Crippen molar-refractivity contribution in [3.05, 3.63) is 17.3 Å². The second-order valence-electron chi connectivity index (χ2n) is 4.78. The topological polar surface area (TPSA) is 60.0 Å². The first kappa shape index (κ1) is 13.1. The minimum atomic E-state index is 0.256. The Labute approximate surface area is 112 Å². The van der Waals surface area contributed by atoms with Gasteiger partial charge in [-0.2, -0.15) is 0 Å². The minimum Gasteiger partial charge on any atom is -0.369 e. The van der Waals surface area contributed by atoms with Crippen LogP contribution >= 0.6 is 11.6 Å². The zero-order valence-corrected chi connectivity index (χ0v) is 11.6. The number of fused-ring (bicyclic) bond motifs is 1. The SMILES string of the molecule is CC(CCN(C)C)n1c(N)nc2cc(Cl)cnc21. The highest BCUT2D eigenvalue weighted by Gasteiger charge is 2.15. The van der Waals surface area contributed by atoms with Crippen LogP contribution in [0.2, 0.25) is 5.02 Å². The highest BCUT2D eigenvalue weighted by Crippen LogP contribution is 2.24. The van der Waals surface area contributed by atoms with Crippen LogP contribution in [0.1, 0.15) is 19.4 Å². The Kier molecular flexibility index (Phi) is 3.73. The number of imidazole rings is 1. The molecule has 98 valence electrons. The normalized spacial score (nSPS) is 13.4. The van der Waals surface area contributed by atoms with Gasteiger partial charge in [-0.25, -0.2) is 9.97 Å². The zero-order chi connectivity index (χ0) is 13.3. The van der Waals surface area contributed by atoms with Gasteiger partial charge in [-0.05, 0) is 40.1 Å². The van der Waals surface area contributed by atoms with Crippen LogP contribution in [-0.4, -0.2) is 40.1 Å². The number of rotatable bonds is 4. The Hall–Kier alpha value is -1.33. The number of nitrogens with zero attached hydrogens (tertiary/aromatic N) is 4. The van der Waals surface area contributed by atoms with Gasteiger partial charge in [0.1, 0.15) is 5.52 Å². The standard InChI is InChI=1S/C12H18ClN5/c1-8(4-5-17(2)3)18-11-10(16-12(18)14)6-9(13)7-15-11/h6-8H,4-5H2,1-3H3,(H2,14,16). The number of aromatic nitrogens is 3. The summed E-state index contributed by atoms with van der Waals surface area (Å²) in [6.07, 6.45) is 2.62. The van der Waals surface area contributed by atoms with E-state index >= 15 is 0 Å². The van der Waals surface area contributed by atoms with Gasteiger partial charge in [-0.15, -0.1) is 0 Å². The molecule has 0 aliphatic rings. The van der Waals surface area contributed by atoms with Crippen molar-refractivity contribution in [3.8, 4) is 0 Å². The van der Waals surface area contributed by atoms with E-state index in [1.807, 2.05) is 4.57 Å². The molecule has 2 heterocycles. The summed E-state index contributed by atoms with van der Waals surface area (Å²) in [6.45, 7) is 3.12. The molecular formula is C12H18ClN5. The maximum absolute atomic E-state index is 5.97. The summed E-state index contributed by atoms with van der Waals surface area (Å²) < 4.78 is 1.97. The highest BCUT2D eigenvalue weighted by atomic mass is 35.5. The summed E-state index contributed by atoms with van der Waals surface area (Å²) in [5, 5.41) is 0.577. The molecule has 6 heteroatoms. The summed E-state index contributed by atoms with van der Waals surface area (Å²) in [4.78, 5) is 10.8. The van der Waals surface area contributed by atoms with Crippen molar-refractivity contribution < 1.29 is 0 Å². The van der Waals surface area contributed by atoms with Gasteiger partial charge in [0, 0.05) is 12.2 Å². The van der Waals surface area contributed by atoms with Gasteiger partial charge in [0.15, 0.2) is 5.65 Å². The number of nitrogens with two attached hydrogens (primary N) is 1. The molecule has 2 aromatic rings. The summed E-state index contributed by atoms with van der Waals surface area (Å²) in [7, 11) is 4.11. The van der Waals surface area contributed by atoms with Crippen molar-refractivity contribution in [2.75, 3.05) is 26.4 Å². The predicted octanol–water partition coefficient (Wildman–Crippen LogP) is 2.18. The van der Waals surface area contributed by atoms with E-state index in [-0.39, 0.29) is 6.04 Å². The number of pyridine rings is 1. The van der Waals surface area contributed by atoms with E-state index in [0.717, 1.165) is 24.1 Å². The molecule has 0 aromatic carbocycles. The molecule has 0 bridgehead atoms. The Morgan fingerprint density at radius 2 is 2.22 bits per heavy atom. The second-order valence-corrected chi connectivity index (χ2v) is 5.21. The van der Waals surface area contributed by atoms with E-state index in [4.69, 9.17) is 17.3 Å². The van der Waals surface area contributed by atoms with Gasteiger partial charge in [0.05, 0.1) is 5.02 Å². The van der Waals surface area contributed by atoms with Crippen LogP contribution in [0.4, 0.5) is 5.95 Å². The van der Waals surface area contributed by atoms with Gasteiger partial charge < -0.3 is 10.6 Å². The van der Waals surface area contributed by atoms with E-state index < -0.39 is 0 Å². The second kappa shape index (κ2) is 5.12. The van der Waals surface area contributed by atoms with Crippen molar-refractivity contribution in [2.45, 2.75) is 19.4 Å². The average molecular weight is 268 g/mol. The number of halogens is 1. The Morgan fingerprint density at radius 3 is 2.89 bits per heavy atom. The molecular weight excluding hydrogens is 250 g/mol. The quantitative estimate of drug-likeness (QED) is 0.922. The lowest BCUT2D eigenvalue weighted by Gasteiger charge is -2.17. The molecule has 0 fully saturated rings. The number of hydrogen-bond donors (Lipinski definition) is 1. The molecule has 2 rings (SSSR count). The molecule has 5 nitrogen and oxygen atoms in total. The highest BCUT2D eigenvalue weighted by molar-refractivity contribution is 6.31. The molecule has 2 aromatic heterocycles. The molecule has 0 radical (unpaired) electrons. The Bertz CT molecular complexity index is 549. The summed E-state index contributed by atoms with van der Waals surface area (Å²) in [5.41, 5.74) is 7.51. The third kappa shape index (κ3) is 2.57. The van der Waals surface area contributed by atoms with Crippen LogP contribution < -0.4 is 5.73 Å². The number of nitrogen functional groups attached to an aromatic ring is 1. The molecule has 1 unspecified atom stereocenters. The monoisotopic (exact) mass is 267 g/mol. The summed E-state index contributed by atoms with van der Waals surface area (Å²) in [5.74, 6) is 0.492. The molecule has 0 spiro atoms. The molecule has 0 aliphatic carbocycles. The van der Waals surface area contributed by atoms with Gasteiger partial charge in [-0.3, -0.25) is 4.57 Å². The molecule has 18 heavy (non-hydrogen) atoms. The zero-order valence-electron chi connectivity index (χ0n) is 10.9. The molecule has 1 atom stereocenters. The van der Waals surface area contributed by atoms with E-state index in [2.05, 4.69) is 35.9 Å². The fourth-order valence-corrected chi connectivity index (χ4v) is 2.14. The lowest BCUT2D eigenvalue weighted by atomic mass is 10.2. The summed E-state index contributed by atoms with van der Waals surface area (Å²) >= 11 is 5.90. The lowest BCUT2D eigenvalue weighted by molar-refractivity contribution is 0.361. The molecule has 0 saturated heterocycles. The van der Waals surface area contributed by atoms with Crippen molar-refractivity contribution >= 4 is 28.7 Å². The Morgan fingerprint density at radius 1 is 1.50 bits per heavy atom. The number of hydrogen-bond acceptors (Lipinski definition) is 4. The van der Waals surface area contributed by atoms with E-state index in [9.17, 15) is 0 Å². The molecule has 0 aliphatic heterocycles. The van der Waals surface area contributed by atoms with Crippen molar-refractivity contribution in [1.29, 1.82) is 0 Å². The third-order valence-corrected chi connectivity index (χ3v) is 3.17. The van der Waals surface area contributed by atoms with Crippen molar-refractivity contribution in [1.82, 2.24) is 19.4 Å². The van der Waals surface area contributed by atoms with Gasteiger partial charge in [0.2, 0.25) is 5.95 Å². The average Bonchev–Trinajstić information content (AvgIpc) is 2.61. The van der Waals surface area contributed by atoms with Crippen molar-refractivity contribution in [2.24, 2.45) is 0 Å². The van der Waals surface area contributed by atoms with Gasteiger partial charge in [0.25, 0.3) is 0 Å². The fraction of sp³-hybridized carbons (Fsp3) is 0.500. The van der Waals surface area contributed by atoms with E-state index in [1.54, 1.807) is 12.3 Å². The van der Waals surface area contributed by atoms with Crippen LogP contribution in [-0.2, 0) is 0 Å². The van der Waals surface area contributed by atoms with Crippen LogP contribution in [0.5, 0.6) is 0 Å². The summed E-state index contributed by atoms with van der Waals surface area (Å²) in [6, 6.07) is 2.04. The van der Waals surface area contributed by atoms with Gasteiger partial charge >= 0.3 is 0 Å². The maximum Gasteiger partial charge on any atom is 0.202 e. The predicted molar refractivity (Wildman–Crippen MR) is 74.8 cm³/mol. The van der Waals surface area contributed by atoms with Crippen LogP contribution in [0.3, 0.4) is 0 Å². The largest absolute Gasteiger partial charge is 0.369 e. The van der Waals surface area contributed by atoms with Crippen LogP contribution in [0.25, 0.3) is 11.2 Å². The first-order valence-corrected chi connectivity index (χ1v) is 6.30. The fourth-order valence-electron chi connectivity index (χ4n) is 1.98. The van der Waals surface area contributed by atoms with Crippen LogP contribution in [0.15, 0.2) is 12.3 Å². The minimum absolute atomic E-state index is 0.256. The molecule has 0 amide bonds. The van der Waals surface area contributed by atoms with E-state index in [1.165, 1.54) is 0 Å².